The van der Waals surface area contributed by atoms with Crippen molar-refractivity contribution in [2.45, 2.75) is 13.5 Å². The fraction of sp³-hybridized carbons (Fsp3) is 0.273. The summed E-state index contributed by atoms with van der Waals surface area (Å²) in [6.07, 6.45) is 2.01. The minimum atomic E-state index is 0.674. The van der Waals surface area contributed by atoms with Gasteiger partial charge in [0.05, 0.1) is 6.61 Å². The predicted molar refractivity (Wildman–Crippen MR) is 61.3 cm³/mol. The third-order valence-corrected chi connectivity index (χ3v) is 2.68. The van der Waals surface area contributed by atoms with E-state index in [9.17, 15) is 0 Å². The number of fused-ring (bicyclic) bond motifs is 1. The van der Waals surface area contributed by atoms with E-state index in [0.29, 0.717) is 6.61 Å². The highest BCUT2D eigenvalue weighted by atomic mass is 79.9. The smallest absolute Gasteiger partial charge is 0.0737 e. The van der Waals surface area contributed by atoms with Gasteiger partial charge in [-0.05, 0) is 25.1 Å². The van der Waals surface area contributed by atoms with Gasteiger partial charge >= 0.3 is 0 Å². The Morgan fingerprint density at radius 1 is 1.43 bits per heavy atom. The molecule has 0 fully saturated rings. The lowest BCUT2D eigenvalue weighted by Gasteiger charge is -1.99. The van der Waals surface area contributed by atoms with Gasteiger partial charge in [0.2, 0.25) is 0 Å². The molecule has 0 bridgehead atoms. The molecule has 2 aromatic rings. The minimum absolute atomic E-state index is 0.674. The van der Waals surface area contributed by atoms with E-state index in [1.807, 2.05) is 19.2 Å². The zero-order valence-corrected chi connectivity index (χ0v) is 9.60. The molecule has 74 valence electrons. The minimum Gasteiger partial charge on any atom is -0.377 e. The summed E-state index contributed by atoms with van der Waals surface area (Å²) in [6.45, 7) is 3.43. The van der Waals surface area contributed by atoms with Crippen LogP contribution < -0.4 is 0 Å². The topological polar surface area (TPSA) is 25.0 Å². The second-order valence-corrected chi connectivity index (χ2v) is 4.06. The first kappa shape index (κ1) is 9.74. The fourth-order valence-electron chi connectivity index (χ4n) is 1.48. The van der Waals surface area contributed by atoms with E-state index in [0.717, 1.165) is 16.6 Å². The van der Waals surface area contributed by atoms with Crippen molar-refractivity contribution >= 4 is 26.8 Å². The van der Waals surface area contributed by atoms with Crippen LogP contribution in [0.4, 0.5) is 0 Å². The van der Waals surface area contributed by atoms with E-state index < -0.39 is 0 Å². The Kier molecular flexibility index (Phi) is 2.89. The summed E-state index contributed by atoms with van der Waals surface area (Å²) < 4.78 is 6.49. The molecule has 0 saturated heterocycles. The van der Waals surface area contributed by atoms with Crippen LogP contribution in [-0.4, -0.2) is 11.6 Å². The summed E-state index contributed by atoms with van der Waals surface area (Å²) in [7, 11) is 0. The van der Waals surface area contributed by atoms with Gasteiger partial charge in [-0.3, -0.25) is 0 Å². The molecule has 1 N–H and O–H groups in total. The van der Waals surface area contributed by atoms with Crippen molar-refractivity contribution in [3.63, 3.8) is 0 Å². The first-order valence-corrected chi connectivity index (χ1v) is 5.44. The fourth-order valence-corrected chi connectivity index (χ4v) is 1.84. The van der Waals surface area contributed by atoms with Gasteiger partial charge in [0.15, 0.2) is 0 Å². The highest BCUT2D eigenvalue weighted by Gasteiger charge is 2.03. The van der Waals surface area contributed by atoms with Crippen molar-refractivity contribution < 1.29 is 4.74 Å². The molecule has 3 heteroatoms. The van der Waals surface area contributed by atoms with E-state index >= 15 is 0 Å². The molecule has 1 aromatic heterocycles. The lowest BCUT2D eigenvalue weighted by Crippen LogP contribution is -1.89. The number of H-pyrrole nitrogens is 1. The lowest BCUT2D eigenvalue weighted by molar-refractivity contribution is 0.135. The number of aromatic nitrogens is 1. The summed E-state index contributed by atoms with van der Waals surface area (Å²) in [5.74, 6) is 0. The number of halogens is 1. The SMILES string of the molecule is CCOCc1c[nH]c2ccc(Br)cc12. The van der Waals surface area contributed by atoms with Gasteiger partial charge < -0.3 is 9.72 Å². The number of hydrogen-bond donors (Lipinski definition) is 1. The second-order valence-electron chi connectivity index (χ2n) is 3.14. The van der Waals surface area contributed by atoms with E-state index in [2.05, 4.69) is 33.0 Å². The van der Waals surface area contributed by atoms with Gasteiger partial charge in [0.1, 0.15) is 0 Å². The first-order valence-electron chi connectivity index (χ1n) is 4.64. The highest BCUT2D eigenvalue weighted by molar-refractivity contribution is 9.10. The Balaban J connectivity index is 2.40. The van der Waals surface area contributed by atoms with Gasteiger partial charge in [-0.15, -0.1) is 0 Å². The first-order chi connectivity index (χ1) is 6.81. The molecule has 0 aliphatic carbocycles. The molecule has 0 spiro atoms. The van der Waals surface area contributed by atoms with E-state index in [-0.39, 0.29) is 0 Å². The van der Waals surface area contributed by atoms with Crippen molar-refractivity contribution in [3.05, 3.63) is 34.4 Å². The number of benzene rings is 1. The maximum atomic E-state index is 5.39. The Labute approximate surface area is 91.4 Å². The largest absolute Gasteiger partial charge is 0.377 e. The van der Waals surface area contributed by atoms with Crippen molar-refractivity contribution in [1.82, 2.24) is 4.98 Å². The third kappa shape index (κ3) is 1.83. The summed E-state index contributed by atoms with van der Waals surface area (Å²) in [5.41, 5.74) is 2.37. The second kappa shape index (κ2) is 4.15. The van der Waals surface area contributed by atoms with E-state index in [1.165, 1.54) is 10.9 Å². The number of nitrogens with one attached hydrogen (secondary N) is 1. The van der Waals surface area contributed by atoms with Crippen LogP contribution in [0, 0.1) is 0 Å². The van der Waals surface area contributed by atoms with Crippen LogP contribution in [0.25, 0.3) is 10.9 Å². The van der Waals surface area contributed by atoms with Gasteiger partial charge in [-0.1, -0.05) is 15.9 Å². The van der Waals surface area contributed by atoms with Crippen LogP contribution in [0.1, 0.15) is 12.5 Å². The van der Waals surface area contributed by atoms with Gasteiger partial charge in [-0.2, -0.15) is 0 Å². The standard InChI is InChI=1S/C11H12BrNO/c1-2-14-7-8-6-13-11-4-3-9(12)5-10(8)11/h3-6,13H,2,7H2,1H3. The maximum absolute atomic E-state index is 5.39. The molecule has 2 rings (SSSR count). The highest BCUT2D eigenvalue weighted by Crippen LogP contribution is 2.23. The monoisotopic (exact) mass is 253 g/mol. The predicted octanol–water partition coefficient (Wildman–Crippen LogP) is 3.47. The summed E-state index contributed by atoms with van der Waals surface area (Å²) in [5, 5.41) is 1.23. The van der Waals surface area contributed by atoms with Crippen LogP contribution in [0.2, 0.25) is 0 Å². The average Bonchev–Trinajstić information content (AvgIpc) is 2.57. The molecule has 1 heterocycles. The van der Waals surface area contributed by atoms with Crippen molar-refractivity contribution in [2.75, 3.05) is 6.61 Å². The quantitative estimate of drug-likeness (QED) is 0.891. The molecule has 0 radical (unpaired) electrons. The van der Waals surface area contributed by atoms with Crippen LogP contribution in [0.5, 0.6) is 0 Å². The van der Waals surface area contributed by atoms with Gasteiger partial charge in [0.25, 0.3) is 0 Å². The molecule has 0 saturated carbocycles. The molecule has 0 aliphatic heterocycles. The number of aromatic amines is 1. The Bertz CT molecular complexity index is 436. The van der Waals surface area contributed by atoms with Gasteiger partial charge in [0, 0.05) is 33.7 Å². The summed E-state index contributed by atoms with van der Waals surface area (Å²) in [6, 6.07) is 6.21. The van der Waals surface area contributed by atoms with Crippen LogP contribution >= 0.6 is 15.9 Å². The zero-order valence-electron chi connectivity index (χ0n) is 8.01. The average molecular weight is 254 g/mol. The van der Waals surface area contributed by atoms with E-state index in [4.69, 9.17) is 4.74 Å². The summed E-state index contributed by atoms with van der Waals surface area (Å²) >= 11 is 3.46. The number of hydrogen-bond acceptors (Lipinski definition) is 1. The molecule has 0 unspecified atom stereocenters. The van der Waals surface area contributed by atoms with Crippen molar-refractivity contribution in [1.29, 1.82) is 0 Å². The normalized spacial score (nSPS) is 11.0. The lowest BCUT2D eigenvalue weighted by atomic mass is 10.2. The van der Waals surface area contributed by atoms with Crippen molar-refractivity contribution in [3.8, 4) is 0 Å². The van der Waals surface area contributed by atoms with E-state index in [1.54, 1.807) is 0 Å². The third-order valence-electron chi connectivity index (χ3n) is 2.19. The Hall–Kier alpha value is -0.800. The van der Waals surface area contributed by atoms with Crippen LogP contribution in [0.3, 0.4) is 0 Å². The van der Waals surface area contributed by atoms with Crippen molar-refractivity contribution in [2.24, 2.45) is 0 Å². The maximum Gasteiger partial charge on any atom is 0.0737 e. The molecule has 1 aromatic carbocycles. The number of rotatable bonds is 3. The molecule has 14 heavy (non-hydrogen) atoms. The molecule has 0 atom stereocenters. The van der Waals surface area contributed by atoms with Crippen LogP contribution in [0.15, 0.2) is 28.9 Å². The molecule has 2 nitrogen and oxygen atoms in total. The molecule has 0 aliphatic rings. The Morgan fingerprint density at radius 3 is 3.07 bits per heavy atom. The molecule has 0 amide bonds. The Morgan fingerprint density at radius 2 is 2.29 bits per heavy atom. The van der Waals surface area contributed by atoms with Crippen LogP contribution in [-0.2, 0) is 11.3 Å². The number of ether oxygens (including phenoxy) is 1. The molecular weight excluding hydrogens is 242 g/mol. The van der Waals surface area contributed by atoms with Gasteiger partial charge in [-0.25, -0.2) is 0 Å². The zero-order chi connectivity index (χ0) is 9.97. The summed E-state index contributed by atoms with van der Waals surface area (Å²) in [4.78, 5) is 3.22. The molecular formula is C11H12BrNO.